The van der Waals surface area contributed by atoms with E-state index in [1.807, 2.05) is 30.5 Å². The predicted molar refractivity (Wildman–Crippen MR) is 169 cm³/mol. The molecule has 0 unspecified atom stereocenters. The number of rotatable bonds is 10. The Bertz CT molecular complexity index is 1890. The van der Waals surface area contributed by atoms with Crippen molar-refractivity contribution in [2.24, 2.45) is 5.14 Å². The Morgan fingerprint density at radius 2 is 1.74 bits per heavy atom. The molecule has 0 radical (unpaired) electrons. The van der Waals surface area contributed by atoms with Gasteiger partial charge in [-0.25, -0.2) is 23.0 Å². The molecule has 0 aliphatic carbocycles. The Hall–Kier alpha value is -3.68. The van der Waals surface area contributed by atoms with Gasteiger partial charge in [0.1, 0.15) is 20.9 Å². The highest BCUT2D eigenvalue weighted by Gasteiger charge is 2.19. The van der Waals surface area contributed by atoms with E-state index in [0.29, 0.717) is 29.4 Å². The van der Waals surface area contributed by atoms with Gasteiger partial charge in [0, 0.05) is 16.5 Å². The highest BCUT2D eigenvalue weighted by atomic mass is 32.9. The molecule has 2 N–H and O–H groups in total. The molecule has 5 aromatic rings. The van der Waals surface area contributed by atoms with Crippen molar-refractivity contribution in [3.05, 3.63) is 93.3 Å². The van der Waals surface area contributed by atoms with Crippen LogP contribution in [-0.4, -0.2) is 30.8 Å². The minimum atomic E-state index is -3.82. The number of aromatic nitrogens is 2. The molecule has 0 atom stereocenters. The highest BCUT2D eigenvalue weighted by Crippen LogP contribution is 2.32. The number of primary sulfonamides is 1. The third-order valence-corrected chi connectivity index (χ3v) is 9.97. The third-order valence-electron chi connectivity index (χ3n) is 6.38. The van der Waals surface area contributed by atoms with Crippen LogP contribution in [0.2, 0.25) is 0 Å². The van der Waals surface area contributed by atoms with Crippen molar-refractivity contribution >= 4 is 48.9 Å². The zero-order valence-corrected chi connectivity index (χ0v) is 26.0. The molecule has 42 heavy (non-hydrogen) atoms. The summed E-state index contributed by atoms with van der Waals surface area (Å²) < 4.78 is 37.7. The molecule has 0 aliphatic heterocycles. The molecule has 12 heteroatoms. The second-order valence-corrected chi connectivity index (χ2v) is 13.8. The van der Waals surface area contributed by atoms with E-state index in [0.717, 1.165) is 44.7 Å². The predicted octanol–water partition coefficient (Wildman–Crippen LogP) is 7.41. The summed E-state index contributed by atoms with van der Waals surface area (Å²) in [5, 5.41) is 11.9. The first kappa shape index (κ1) is 29.8. The Labute approximate surface area is 256 Å². The zero-order chi connectivity index (χ0) is 29.9. The lowest BCUT2D eigenvalue weighted by molar-refractivity contribution is 0.0730. The van der Waals surface area contributed by atoms with E-state index in [1.165, 1.54) is 12.1 Å². The summed E-state index contributed by atoms with van der Waals surface area (Å²) in [6.07, 6.45) is 1.76. The van der Waals surface area contributed by atoms with Crippen LogP contribution >= 0.6 is 32.9 Å². The summed E-state index contributed by atoms with van der Waals surface area (Å²) in [4.78, 5) is 13.3. The quantitative estimate of drug-likeness (QED) is 0.0558. The molecule has 2 heterocycles. The molecule has 0 saturated carbocycles. The summed E-state index contributed by atoms with van der Waals surface area (Å²) in [5.74, 6) is 0.271. The molecule has 216 valence electrons. The normalized spacial score (nSPS) is 11.4. The first-order chi connectivity index (χ1) is 20.1. The van der Waals surface area contributed by atoms with E-state index in [2.05, 4.69) is 12.0 Å². The number of unbranched alkanes of at least 4 members (excludes halogenated alkanes) is 1. The summed E-state index contributed by atoms with van der Waals surface area (Å²) >= 11 is 5.39. The van der Waals surface area contributed by atoms with Crippen molar-refractivity contribution in [1.29, 1.82) is 0 Å². The van der Waals surface area contributed by atoms with Crippen molar-refractivity contribution in [2.45, 2.75) is 31.6 Å². The number of esters is 1. The van der Waals surface area contributed by atoms with Crippen LogP contribution < -0.4 is 14.6 Å². The number of carbonyl (C=O) groups excluding carboxylic acids is 1. The van der Waals surface area contributed by atoms with Gasteiger partial charge < -0.3 is 9.47 Å². The van der Waals surface area contributed by atoms with Gasteiger partial charge in [0.25, 0.3) is 0 Å². The van der Waals surface area contributed by atoms with Crippen LogP contribution in [0, 0.1) is 10.7 Å². The highest BCUT2D eigenvalue weighted by molar-refractivity contribution is 7.89. The lowest BCUT2D eigenvalue weighted by Crippen LogP contribution is -2.12. The summed E-state index contributed by atoms with van der Waals surface area (Å²) in [6, 6.07) is 20.6. The lowest BCUT2D eigenvalue weighted by atomic mass is 10.1. The molecule has 8 nitrogen and oxygen atoms in total. The number of hydrogen-bond donors (Lipinski definition) is 1. The Kier molecular flexibility index (Phi) is 8.99. The minimum absolute atomic E-state index is 0.0119. The van der Waals surface area contributed by atoms with Crippen LogP contribution in [0.5, 0.6) is 11.5 Å². The first-order valence-corrected chi connectivity index (χ1v) is 17.2. The van der Waals surface area contributed by atoms with Crippen molar-refractivity contribution in [3.8, 4) is 39.6 Å². The van der Waals surface area contributed by atoms with E-state index in [-0.39, 0.29) is 4.90 Å². The molecule has 0 amide bonds. The lowest BCUT2D eigenvalue weighted by Gasteiger charge is -2.14. The average Bonchev–Trinajstić information content (AvgIpc) is 3.58. The van der Waals surface area contributed by atoms with Crippen molar-refractivity contribution in [2.75, 3.05) is 6.61 Å². The number of carbonyl (C=O) groups is 1. The summed E-state index contributed by atoms with van der Waals surface area (Å²) in [7, 11) is -0.680. The number of ether oxygens (including phenoxy) is 2. The Balaban J connectivity index is 1.45. The fourth-order valence-corrected chi connectivity index (χ4v) is 7.15. The van der Waals surface area contributed by atoms with E-state index < -0.39 is 16.0 Å². The molecule has 2 aromatic heterocycles. The van der Waals surface area contributed by atoms with Gasteiger partial charge in [-0.3, -0.25) is 0 Å². The smallest absolute Gasteiger partial charge is 0.347 e. The maximum absolute atomic E-state index is 13.3. The monoisotopic (exact) mass is 637 g/mol. The van der Waals surface area contributed by atoms with Crippen molar-refractivity contribution in [1.82, 2.24) is 9.78 Å². The van der Waals surface area contributed by atoms with Crippen LogP contribution in [0.3, 0.4) is 0 Å². The summed E-state index contributed by atoms with van der Waals surface area (Å²) in [6.45, 7) is 4.36. The fourth-order valence-electron chi connectivity index (χ4n) is 4.23. The molecular formula is C30H27N3O5S4. The second kappa shape index (κ2) is 12.7. The number of benzene rings is 3. The molecule has 0 bridgehead atoms. The largest absolute Gasteiger partial charge is 0.493 e. The minimum Gasteiger partial charge on any atom is -0.493 e. The molecule has 3 aromatic carbocycles. The Morgan fingerprint density at radius 1 is 1.02 bits per heavy atom. The van der Waals surface area contributed by atoms with Crippen LogP contribution in [0.25, 0.3) is 28.1 Å². The first-order valence-electron chi connectivity index (χ1n) is 13.0. The molecule has 0 saturated heterocycles. The molecule has 0 aliphatic rings. The number of nitrogens with zero attached hydrogens (tertiary/aromatic N) is 2. The topological polar surface area (TPSA) is 114 Å². The van der Waals surface area contributed by atoms with Crippen LogP contribution in [0.15, 0.2) is 83.1 Å². The van der Waals surface area contributed by atoms with Crippen molar-refractivity contribution in [3.63, 3.8) is 0 Å². The van der Waals surface area contributed by atoms with Gasteiger partial charge in [0.15, 0.2) is 0 Å². The van der Waals surface area contributed by atoms with Crippen LogP contribution in [-0.2, 0) is 10.0 Å². The second-order valence-electron chi connectivity index (χ2n) is 9.45. The van der Waals surface area contributed by atoms with E-state index in [4.69, 9.17) is 26.8 Å². The van der Waals surface area contributed by atoms with Gasteiger partial charge in [0.05, 0.1) is 28.6 Å². The SMILES string of the molecule is CCCCOc1cc(-c2cc(C)nn2-c2ccc(S(N)(=O)=O)cc2)ccc1C(=O)Oc1ccc(-c2cssc2=S)cc1. The number of aryl methyl sites for hydroxylation is 1. The van der Waals surface area contributed by atoms with Gasteiger partial charge in [-0.1, -0.05) is 64.4 Å². The maximum Gasteiger partial charge on any atom is 0.347 e. The summed E-state index contributed by atoms with van der Waals surface area (Å²) in [5.41, 5.74) is 5.17. The zero-order valence-electron chi connectivity index (χ0n) is 22.8. The molecular weight excluding hydrogens is 611 g/mol. The fraction of sp³-hybridized carbons (Fsp3) is 0.167. The van der Waals surface area contributed by atoms with Gasteiger partial charge in [-0.2, -0.15) is 5.10 Å². The maximum atomic E-state index is 13.3. The van der Waals surface area contributed by atoms with Gasteiger partial charge in [-0.05, 0) is 73.5 Å². The van der Waals surface area contributed by atoms with Crippen LogP contribution in [0.1, 0.15) is 35.8 Å². The van der Waals surface area contributed by atoms with Gasteiger partial charge >= 0.3 is 5.97 Å². The van der Waals surface area contributed by atoms with Crippen LogP contribution in [0.4, 0.5) is 0 Å². The number of nitrogens with two attached hydrogens (primary N) is 1. The number of hydrogen-bond acceptors (Lipinski definition) is 9. The van der Waals surface area contributed by atoms with Gasteiger partial charge in [-0.15, -0.1) is 0 Å². The Morgan fingerprint density at radius 3 is 2.38 bits per heavy atom. The standard InChI is InChI=1S/C30H27N3O5S4/c1-3-4-15-37-28-17-21(27-16-19(2)32-33(27)22-8-12-24(13-9-22)42(31,35)36)7-14-25(28)29(34)38-23-10-5-20(6-11-23)26-18-40-41-30(26)39/h5-14,16-18H,3-4,15H2,1-2H3,(H2,31,35,36). The van der Waals surface area contributed by atoms with E-state index in [9.17, 15) is 13.2 Å². The van der Waals surface area contributed by atoms with Gasteiger partial charge in [0.2, 0.25) is 10.0 Å². The average molecular weight is 638 g/mol. The third kappa shape index (κ3) is 6.69. The molecule has 5 rings (SSSR count). The number of sulfonamides is 1. The van der Waals surface area contributed by atoms with E-state index >= 15 is 0 Å². The van der Waals surface area contributed by atoms with E-state index in [1.54, 1.807) is 67.8 Å². The molecule has 0 fully saturated rings. The molecule has 0 spiro atoms. The van der Waals surface area contributed by atoms with Crippen molar-refractivity contribution < 1.29 is 22.7 Å².